The second-order valence-corrected chi connectivity index (χ2v) is 7.22. The summed E-state index contributed by atoms with van der Waals surface area (Å²) in [5.41, 5.74) is 3.53. The van der Waals surface area contributed by atoms with E-state index in [1.807, 2.05) is 18.2 Å². The minimum atomic E-state index is 0.564. The van der Waals surface area contributed by atoms with Gasteiger partial charge >= 0.3 is 0 Å². The summed E-state index contributed by atoms with van der Waals surface area (Å²) in [6.07, 6.45) is 2.95. The smallest absolute Gasteiger partial charge is 0.125 e. The molecule has 136 valence electrons. The van der Waals surface area contributed by atoms with Gasteiger partial charge in [-0.1, -0.05) is 44.2 Å². The number of ether oxygens (including phenoxy) is 2. The van der Waals surface area contributed by atoms with Crippen molar-refractivity contribution in [2.45, 2.75) is 46.6 Å². The highest BCUT2D eigenvalue weighted by molar-refractivity contribution is 6.17. The molecule has 0 radical (unpaired) electrons. The molecule has 25 heavy (non-hydrogen) atoms. The fourth-order valence-electron chi connectivity index (χ4n) is 2.80. The number of hydrogen-bond acceptors (Lipinski definition) is 2. The molecule has 0 aliphatic rings. The second kappa shape index (κ2) is 10.4. The highest BCUT2D eigenvalue weighted by atomic mass is 35.5. The molecule has 0 fully saturated rings. The summed E-state index contributed by atoms with van der Waals surface area (Å²) < 4.78 is 12.1. The quantitative estimate of drug-likeness (QED) is 0.372. The third-order valence-electron chi connectivity index (χ3n) is 3.98. The Labute approximate surface area is 157 Å². The molecule has 0 bridgehead atoms. The Hall–Kier alpha value is -1.67. The van der Waals surface area contributed by atoms with Gasteiger partial charge in [0.25, 0.3) is 0 Å². The summed E-state index contributed by atoms with van der Waals surface area (Å²) in [6.45, 7) is 7.84. The Morgan fingerprint density at radius 1 is 1.00 bits per heavy atom. The maximum absolute atomic E-state index is 6.07. The number of rotatable bonds is 10. The van der Waals surface area contributed by atoms with Crippen molar-refractivity contribution in [1.82, 2.24) is 0 Å². The lowest BCUT2D eigenvalue weighted by atomic mass is 9.99. The van der Waals surface area contributed by atoms with Gasteiger partial charge < -0.3 is 9.47 Å². The maximum Gasteiger partial charge on any atom is 0.125 e. The van der Waals surface area contributed by atoms with Gasteiger partial charge in [0, 0.05) is 5.88 Å². The molecule has 2 nitrogen and oxygen atoms in total. The van der Waals surface area contributed by atoms with Crippen LogP contribution >= 0.6 is 11.6 Å². The minimum Gasteiger partial charge on any atom is -0.493 e. The first kappa shape index (κ1) is 19.7. The first-order valence-electron chi connectivity index (χ1n) is 9.09. The summed E-state index contributed by atoms with van der Waals surface area (Å²) in [5.74, 6) is 3.17. The average molecular weight is 361 g/mol. The van der Waals surface area contributed by atoms with Crippen LogP contribution in [-0.2, 0) is 13.0 Å². The fourth-order valence-corrected chi connectivity index (χ4v) is 2.99. The molecule has 2 rings (SSSR count). The largest absolute Gasteiger partial charge is 0.493 e. The van der Waals surface area contributed by atoms with Crippen molar-refractivity contribution in [2.24, 2.45) is 5.92 Å². The Balaban J connectivity index is 2.11. The van der Waals surface area contributed by atoms with E-state index in [1.165, 1.54) is 11.1 Å². The third-order valence-corrected chi connectivity index (χ3v) is 4.24. The number of benzene rings is 2. The number of alkyl halides is 1. The van der Waals surface area contributed by atoms with Gasteiger partial charge in [0.05, 0.1) is 6.61 Å². The number of unbranched alkanes of at least 4 members (excludes halogenated alkanes) is 1. The van der Waals surface area contributed by atoms with Gasteiger partial charge in [0.1, 0.15) is 18.1 Å². The minimum absolute atomic E-state index is 0.564. The van der Waals surface area contributed by atoms with Crippen molar-refractivity contribution in [1.29, 1.82) is 0 Å². The van der Waals surface area contributed by atoms with Crippen molar-refractivity contribution in [3.63, 3.8) is 0 Å². The van der Waals surface area contributed by atoms with Gasteiger partial charge in [-0.15, -0.1) is 11.6 Å². The van der Waals surface area contributed by atoms with E-state index < -0.39 is 0 Å². The number of aryl methyl sites for hydroxylation is 1. The van der Waals surface area contributed by atoms with Crippen LogP contribution in [0.15, 0.2) is 42.5 Å². The van der Waals surface area contributed by atoms with Gasteiger partial charge in [-0.25, -0.2) is 0 Å². The molecule has 0 saturated carbocycles. The van der Waals surface area contributed by atoms with Crippen LogP contribution in [0.25, 0.3) is 0 Å². The standard InChI is InChI=1S/C22H29ClO2/c1-17(2)13-20-15-21(25-16-19-9-5-4-6-10-19)14-18(3)22(20)24-12-8-7-11-23/h4-6,9-10,14-15,17H,7-8,11-13,16H2,1-3H3. The zero-order chi connectivity index (χ0) is 18.1. The molecule has 0 heterocycles. The summed E-state index contributed by atoms with van der Waals surface area (Å²) in [5, 5.41) is 0. The molecule has 0 aromatic heterocycles. The van der Waals surface area contributed by atoms with E-state index in [0.29, 0.717) is 25.0 Å². The normalized spacial score (nSPS) is 10.9. The molecule has 0 aliphatic carbocycles. The number of hydrogen-bond donors (Lipinski definition) is 0. The van der Waals surface area contributed by atoms with Crippen molar-refractivity contribution in [2.75, 3.05) is 12.5 Å². The zero-order valence-corrected chi connectivity index (χ0v) is 16.3. The maximum atomic E-state index is 6.07. The van der Waals surface area contributed by atoms with Crippen molar-refractivity contribution >= 4 is 11.6 Å². The molecule has 0 N–H and O–H groups in total. The van der Waals surface area contributed by atoms with Crippen molar-refractivity contribution in [3.05, 3.63) is 59.2 Å². The highest BCUT2D eigenvalue weighted by Crippen LogP contribution is 2.31. The van der Waals surface area contributed by atoms with Gasteiger partial charge in [0.15, 0.2) is 0 Å². The topological polar surface area (TPSA) is 18.5 Å². The SMILES string of the molecule is Cc1cc(OCc2ccccc2)cc(CC(C)C)c1OCCCCCl. The van der Waals surface area contributed by atoms with Gasteiger partial charge in [-0.05, 0) is 60.9 Å². The monoisotopic (exact) mass is 360 g/mol. The lowest BCUT2D eigenvalue weighted by molar-refractivity contribution is 0.294. The molecular formula is C22H29ClO2. The third kappa shape index (κ3) is 6.62. The van der Waals surface area contributed by atoms with Crippen LogP contribution in [0, 0.1) is 12.8 Å². The predicted molar refractivity (Wildman–Crippen MR) is 106 cm³/mol. The lowest BCUT2D eigenvalue weighted by Gasteiger charge is -2.18. The summed E-state index contributed by atoms with van der Waals surface area (Å²) >= 11 is 5.75. The molecule has 0 unspecified atom stereocenters. The second-order valence-electron chi connectivity index (χ2n) is 6.85. The Morgan fingerprint density at radius 2 is 1.76 bits per heavy atom. The van der Waals surface area contributed by atoms with Crippen LogP contribution in [0.2, 0.25) is 0 Å². The van der Waals surface area contributed by atoms with E-state index in [1.54, 1.807) is 0 Å². The van der Waals surface area contributed by atoms with Crippen LogP contribution in [-0.4, -0.2) is 12.5 Å². The Bertz CT molecular complexity index is 638. The van der Waals surface area contributed by atoms with E-state index in [-0.39, 0.29) is 0 Å². The van der Waals surface area contributed by atoms with E-state index in [9.17, 15) is 0 Å². The zero-order valence-electron chi connectivity index (χ0n) is 15.6. The lowest BCUT2D eigenvalue weighted by Crippen LogP contribution is -2.06. The summed E-state index contributed by atoms with van der Waals surface area (Å²) in [7, 11) is 0. The predicted octanol–water partition coefficient (Wildman–Crippen LogP) is 6.17. The molecule has 0 aliphatic heterocycles. The highest BCUT2D eigenvalue weighted by Gasteiger charge is 2.12. The number of halogens is 1. The van der Waals surface area contributed by atoms with Crippen molar-refractivity contribution < 1.29 is 9.47 Å². The van der Waals surface area contributed by atoms with Crippen LogP contribution in [0.1, 0.15) is 43.4 Å². The first-order chi connectivity index (χ1) is 12.1. The molecule has 0 amide bonds. The van der Waals surface area contributed by atoms with Gasteiger partial charge in [0.2, 0.25) is 0 Å². The van der Waals surface area contributed by atoms with Gasteiger partial charge in [-0.2, -0.15) is 0 Å². The molecule has 2 aromatic rings. The Kier molecular flexibility index (Phi) is 8.14. The fraction of sp³-hybridized carbons (Fsp3) is 0.455. The van der Waals surface area contributed by atoms with E-state index >= 15 is 0 Å². The van der Waals surface area contributed by atoms with Crippen LogP contribution in [0.3, 0.4) is 0 Å². The summed E-state index contributed by atoms with van der Waals surface area (Å²) in [4.78, 5) is 0. The molecular weight excluding hydrogens is 332 g/mol. The van der Waals surface area contributed by atoms with Crippen molar-refractivity contribution in [3.8, 4) is 11.5 Å². The van der Waals surface area contributed by atoms with E-state index in [0.717, 1.165) is 36.3 Å². The van der Waals surface area contributed by atoms with E-state index in [2.05, 4.69) is 45.0 Å². The molecule has 0 spiro atoms. The van der Waals surface area contributed by atoms with Gasteiger partial charge in [-0.3, -0.25) is 0 Å². The van der Waals surface area contributed by atoms with Crippen LogP contribution in [0.5, 0.6) is 11.5 Å². The molecule has 0 atom stereocenters. The summed E-state index contributed by atoms with van der Waals surface area (Å²) in [6, 6.07) is 14.4. The Morgan fingerprint density at radius 3 is 2.44 bits per heavy atom. The van der Waals surface area contributed by atoms with Crippen LogP contribution in [0.4, 0.5) is 0 Å². The molecule has 2 aromatic carbocycles. The first-order valence-corrected chi connectivity index (χ1v) is 9.62. The average Bonchev–Trinajstić information content (AvgIpc) is 2.59. The van der Waals surface area contributed by atoms with E-state index in [4.69, 9.17) is 21.1 Å². The van der Waals surface area contributed by atoms with Crippen LogP contribution < -0.4 is 9.47 Å². The molecule has 3 heteroatoms. The molecule has 0 saturated heterocycles.